The molecule has 3 nitrogen and oxygen atoms in total. The van der Waals surface area contributed by atoms with E-state index in [-0.39, 0.29) is 5.91 Å². The Kier molecular flexibility index (Phi) is 4.63. The number of carbonyl (C=O) groups is 1. The fourth-order valence-electron chi connectivity index (χ4n) is 2.46. The Morgan fingerprint density at radius 1 is 1.40 bits per heavy atom. The minimum absolute atomic E-state index is 0.0291. The maximum atomic E-state index is 11.1. The van der Waals surface area contributed by atoms with Crippen molar-refractivity contribution in [3.05, 3.63) is 23.8 Å². The molecule has 0 aromatic heterocycles. The number of hydrogen-bond donors (Lipinski definition) is 2. The van der Waals surface area contributed by atoms with Crippen LogP contribution in [-0.2, 0) is 4.79 Å². The summed E-state index contributed by atoms with van der Waals surface area (Å²) in [6.45, 7) is 8.23. The molecule has 1 heterocycles. The van der Waals surface area contributed by atoms with Gasteiger partial charge in [0.15, 0.2) is 0 Å². The minimum Gasteiger partial charge on any atom is -0.381 e. The number of thioether (sulfide) groups is 1. The topological polar surface area (TPSA) is 41.1 Å². The van der Waals surface area contributed by atoms with E-state index in [9.17, 15) is 4.79 Å². The molecule has 0 spiro atoms. The quantitative estimate of drug-likeness (QED) is 0.888. The highest BCUT2D eigenvalue weighted by molar-refractivity contribution is 7.99. The predicted octanol–water partition coefficient (Wildman–Crippen LogP) is 3.90. The van der Waals surface area contributed by atoms with Crippen molar-refractivity contribution in [2.75, 3.05) is 22.1 Å². The van der Waals surface area contributed by atoms with Crippen molar-refractivity contribution in [3.8, 4) is 0 Å². The van der Waals surface area contributed by atoms with Crippen molar-refractivity contribution in [3.63, 3.8) is 0 Å². The summed E-state index contributed by atoms with van der Waals surface area (Å²) in [5.74, 6) is 2.38. The maximum Gasteiger partial charge on any atom is 0.221 e. The van der Waals surface area contributed by atoms with Gasteiger partial charge in [-0.05, 0) is 48.3 Å². The Hall–Kier alpha value is -1.16. The number of carbonyl (C=O) groups excluding carboxylic acids is 1. The van der Waals surface area contributed by atoms with Gasteiger partial charge in [-0.15, -0.1) is 0 Å². The van der Waals surface area contributed by atoms with Gasteiger partial charge in [0.05, 0.1) is 0 Å². The molecule has 1 aliphatic rings. The van der Waals surface area contributed by atoms with Crippen LogP contribution in [0.5, 0.6) is 0 Å². The number of nitrogens with one attached hydrogen (secondary N) is 2. The highest BCUT2D eigenvalue weighted by Crippen LogP contribution is 2.36. The van der Waals surface area contributed by atoms with Crippen LogP contribution in [0, 0.1) is 12.3 Å². The minimum atomic E-state index is -0.0291. The summed E-state index contributed by atoms with van der Waals surface area (Å²) in [5, 5.41) is 6.51. The lowest BCUT2D eigenvalue weighted by Crippen LogP contribution is -2.41. The van der Waals surface area contributed by atoms with Crippen molar-refractivity contribution in [1.29, 1.82) is 0 Å². The SMILES string of the molecule is CC(=O)Nc1ccc(NC2CSCCC2(C)C)cc1C. The zero-order valence-corrected chi connectivity index (χ0v) is 13.6. The molecule has 1 unspecified atom stereocenters. The van der Waals surface area contributed by atoms with Crippen LogP contribution >= 0.6 is 11.8 Å². The molecule has 1 aromatic rings. The van der Waals surface area contributed by atoms with E-state index in [1.807, 2.05) is 30.8 Å². The second-order valence-corrected chi connectivity index (χ2v) is 7.37. The van der Waals surface area contributed by atoms with Gasteiger partial charge in [-0.1, -0.05) is 13.8 Å². The molecule has 110 valence electrons. The largest absolute Gasteiger partial charge is 0.381 e. The molecule has 1 fully saturated rings. The van der Waals surface area contributed by atoms with Crippen molar-refractivity contribution in [2.45, 2.75) is 40.2 Å². The van der Waals surface area contributed by atoms with E-state index in [1.54, 1.807) is 0 Å². The second-order valence-electron chi connectivity index (χ2n) is 6.22. The lowest BCUT2D eigenvalue weighted by atomic mass is 9.82. The van der Waals surface area contributed by atoms with E-state index < -0.39 is 0 Å². The second kappa shape index (κ2) is 6.08. The fraction of sp³-hybridized carbons (Fsp3) is 0.562. The van der Waals surface area contributed by atoms with E-state index in [2.05, 4.69) is 30.5 Å². The molecule has 1 aliphatic heterocycles. The molecule has 0 bridgehead atoms. The maximum absolute atomic E-state index is 11.1. The highest BCUT2D eigenvalue weighted by atomic mass is 32.2. The number of anilines is 2. The molecule has 1 aromatic carbocycles. The normalized spacial score (nSPS) is 21.3. The summed E-state index contributed by atoms with van der Waals surface area (Å²) < 4.78 is 0. The van der Waals surface area contributed by atoms with Gasteiger partial charge in [-0.3, -0.25) is 4.79 Å². The summed E-state index contributed by atoms with van der Waals surface area (Å²) in [4.78, 5) is 11.1. The molecule has 0 saturated carbocycles. The van der Waals surface area contributed by atoms with Crippen LogP contribution in [0.4, 0.5) is 11.4 Å². The highest BCUT2D eigenvalue weighted by Gasteiger charge is 2.32. The first kappa shape index (κ1) is 15.2. The third-order valence-corrected chi connectivity index (χ3v) is 5.06. The zero-order valence-electron chi connectivity index (χ0n) is 12.7. The van der Waals surface area contributed by atoms with Crippen LogP contribution in [0.1, 0.15) is 32.8 Å². The van der Waals surface area contributed by atoms with Crippen molar-refractivity contribution < 1.29 is 4.79 Å². The Morgan fingerprint density at radius 3 is 2.75 bits per heavy atom. The molecule has 20 heavy (non-hydrogen) atoms. The first-order valence-corrected chi connectivity index (χ1v) is 8.26. The van der Waals surface area contributed by atoms with Gasteiger partial charge >= 0.3 is 0 Å². The summed E-state index contributed by atoms with van der Waals surface area (Å²) >= 11 is 2.02. The van der Waals surface area contributed by atoms with E-state index in [1.165, 1.54) is 19.1 Å². The molecule has 4 heteroatoms. The molecule has 1 saturated heterocycles. The van der Waals surface area contributed by atoms with Gasteiger partial charge in [-0.2, -0.15) is 11.8 Å². The standard InChI is InChI=1S/C16H24N2OS/c1-11-9-13(5-6-14(11)17-12(2)19)18-15-10-20-8-7-16(15,3)4/h5-6,9,15,18H,7-8,10H2,1-4H3,(H,17,19). The van der Waals surface area contributed by atoms with E-state index in [4.69, 9.17) is 0 Å². The fourth-order valence-corrected chi connectivity index (χ4v) is 4.07. The summed E-state index contributed by atoms with van der Waals surface area (Å²) in [7, 11) is 0. The third kappa shape index (κ3) is 3.69. The number of aryl methyl sites for hydroxylation is 1. The molecule has 1 amide bonds. The Balaban J connectivity index is 2.10. The zero-order chi connectivity index (χ0) is 14.8. The lowest BCUT2D eigenvalue weighted by molar-refractivity contribution is -0.114. The summed E-state index contributed by atoms with van der Waals surface area (Å²) in [5.41, 5.74) is 3.44. The molecule has 2 rings (SSSR count). The Bertz CT molecular complexity index is 499. The number of benzene rings is 1. The summed E-state index contributed by atoms with van der Waals surface area (Å²) in [6.07, 6.45) is 1.25. The van der Waals surface area contributed by atoms with Crippen LogP contribution in [0.3, 0.4) is 0 Å². The molecule has 2 N–H and O–H groups in total. The molecule has 1 atom stereocenters. The van der Waals surface area contributed by atoms with Crippen LogP contribution in [-0.4, -0.2) is 23.5 Å². The molecular formula is C16H24N2OS. The molecular weight excluding hydrogens is 268 g/mol. The first-order chi connectivity index (χ1) is 9.38. The van der Waals surface area contributed by atoms with Crippen LogP contribution in [0.25, 0.3) is 0 Å². The van der Waals surface area contributed by atoms with Crippen molar-refractivity contribution >= 4 is 29.0 Å². The summed E-state index contributed by atoms with van der Waals surface area (Å²) in [6, 6.07) is 6.63. The average molecular weight is 292 g/mol. The first-order valence-electron chi connectivity index (χ1n) is 7.11. The van der Waals surface area contributed by atoms with Crippen molar-refractivity contribution in [2.24, 2.45) is 5.41 Å². The molecule has 0 aliphatic carbocycles. The average Bonchev–Trinajstić information content (AvgIpc) is 2.35. The van der Waals surface area contributed by atoms with Crippen LogP contribution in [0.2, 0.25) is 0 Å². The van der Waals surface area contributed by atoms with Gasteiger partial charge in [-0.25, -0.2) is 0 Å². The van der Waals surface area contributed by atoms with Crippen LogP contribution in [0.15, 0.2) is 18.2 Å². The van der Waals surface area contributed by atoms with Gasteiger partial charge < -0.3 is 10.6 Å². The third-order valence-electron chi connectivity index (χ3n) is 4.00. The molecule has 0 radical (unpaired) electrons. The monoisotopic (exact) mass is 292 g/mol. The van der Waals surface area contributed by atoms with E-state index in [0.717, 1.165) is 22.7 Å². The van der Waals surface area contributed by atoms with E-state index in [0.29, 0.717) is 11.5 Å². The van der Waals surface area contributed by atoms with E-state index >= 15 is 0 Å². The Morgan fingerprint density at radius 2 is 2.15 bits per heavy atom. The van der Waals surface area contributed by atoms with Gasteiger partial charge in [0.25, 0.3) is 0 Å². The number of hydrogen-bond acceptors (Lipinski definition) is 3. The van der Waals surface area contributed by atoms with Gasteiger partial charge in [0.1, 0.15) is 0 Å². The number of rotatable bonds is 3. The van der Waals surface area contributed by atoms with Gasteiger partial charge in [0, 0.05) is 30.1 Å². The van der Waals surface area contributed by atoms with Gasteiger partial charge in [0.2, 0.25) is 5.91 Å². The predicted molar refractivity (Wildman–Crippen MR) is 88.6 cm³/mol. The number of amides is 1. The smallest absolute Gasteiger partial charge is 0.221 e. The lowest BCUT2D eigenvalue weighted by Gasteiger charge is -2.39. The van der Waals surface area contributed by atoms with Crippen LogP contribution < -0.4 is 10.6 Å². The van der Waals surface area contributed by atoms with Crippen molar-refractivity contribution in [1.82, 2.24) is 0 Å². The Labute approximate surface area is 125 Å².